The van der Waals surface area contributed by atoms with Gasteiger partial charge in [-0.15, -0.1) is 0 Å². The Labute approximate surface area is 471 Å². The molecule has 0 spiro atoms. The van der Waals surface area contributed by atoms with Crippen LogP contribution in [0.4, 0.5) is 0 Å². The molecule has 0 bridgehead atoms. The van der Waals surface area contributed by atoms with Crippen molar-refractivity contribution in [3.05, 3.63) is 194 Å². The van der Waals surface area contributed by atoms with Crippen LogP contribution in [0.1, 0.15) is 213 Å². The molecule has 0 N–H and O–H groups in total. The first-order chi connectivity index (χ1) is 38.0. The summed E-state index contributed by atoms with van der Waals surface area (Å²) in [6.45, 7) is 6.17. The second kappa shape index (κ2) is 62.8. The quantitative estimate of drug-likeness (QED) is 0.0261. The number of unbranched alkanes of at least 4 members (excludes halogenated alkanes) is 8. The van der Waals surface area contributed by atoms with E-state index >= 15 is 0 Å². The van der Waals surface area contributed by atoms with Gasteiger partial charge in [-0.2, -0.15) is 0 Å². The van der Waals surface area contributed by atoms with Crippen molar-refractivity contribution in [2.24, 2.45) is 0 Å². The third-order valence-electron chi connectivity index (χ3n) is 11.6. The van der Waals surface area contributed by atoms with Crippen LogP contribution in [0.2, 0.25) is 0 Å². The predicted molar refractivity (Wildman–Crippen MR) is 334 cm³/mol. The van der Waals surface area contributed by atoms with Crippen LogP contribution in [0.15, 0.2) is 194 Å². The topological polar surface area (TPSA) is 78.9 Å². The highest BCUT2D eigenvalue weighted by Gasteiger charge is 2.19. The van der Waals surface area contributed by atoms with Crippen molar-refractivity contribution in [2.75, 3.05) is 13.2 Å². The van der Waals surface area contributed by atoms with Gasteiger partial charge in [0.2, 0.25) is 0 Å². The summed E-state index contributed by atoms with van der Waals surface area (Å²) in [4.78, 5) is 38.2. The third kappa shape index (κ3) is 61.0. The number of hydrogen-bond acceptors (Lipinski definition) is 6. The molecule has 1 atom stereocenters. The molecule has 0 saturated heterocycles. The van der Waals surface area contributed by atoms with Crippen molar-refractivity contribution in [3.63, 3.8) is 0 Å². The van der Waals surface area contributed by atoms with E-state index in [4.69, 9.17) is 14.2 Å². The zero-order valence-corrected chi connectivity index (χ0v) is 48.6. The van der Waals surface area contributed by atoms with Crippen LogP contribution in [-0.4, -0.2) is 37.2 Å². The number of esters is 3. The highest BCUT2D eigenvalue weighted by atomic mass is 16.6. The Hall–Kier alpha value is -5.75. The molecule has 6 nitrogen and oxygen atoms in total. The molecule has 0 aromatic carbocycles. The monoisotopic (exact) mass is 1050 g/mol. The number of allylic oxidation sites excluding steroid dienone is 32. The molecule has 0 rings (SSSR count). The molecule has 77 heavy (non-hydrogen) atoms. The highest BCUT2D eigenvalue weighted by Crippen LogP contribution is 2.11. The van der Waals surface area contributed by atoms with Crippen LogP contribution in [0.3, 0.4) is 0 Å². The highest BCUT2D eigenvalue weighted by molar-refractivity contribution is 5.71. The maximum atomic E-state index is 12.8. The van der Waals surface area contributed by atoms with Crippen molar-refractivity contribution >= 4 is 17.9 Å². The first kappa shape index (κ1) is 71.2. The van der Waals surface area contributed by atoms with Gasteiger partial charge in [0, 0.05) is 19.3 Å². The van der Waals surface area contributed by atoms with E-state index in [-0.39, 0.29) is 44.0 Å². The lowest BCUT2D eigenvalue weighted by atomic mass is 10.1. The molecule has 0 heterocycles. The van der Waals surface area contributed by atoms with Gasteiger partial charge in [-0.3, -0.25) is 14.4 Å². The Morgan fingerprint density at radius 2 is 0.468 bits per heavy atom. The van der Waals surface area contributed by atoms with Gasteiger partial charge in [0.15, 0.2) is 6.10 Å². The lowest BCUT2D eigenvalue weighted by molar-refractivity contribution is -0.167. The van der Waals surface area contributed by atoms with Crippen LogP contribution >= 0.6 is 0 Å². The van der Waals surface area contributed by atoms with Crippen LogP contribution in [0.5, 0.6) is 0 Å². The van der Waals surface area contributed by atoms with Crippen molar-refractivity contribution < 1.29 is 28.6 Å². The van der Waals surface area contributed by atoms with Crippen molar-refractivity contribution in [1.29, 1.82) is 0 Å². The predicted octanol–water partition coefficient (Wildman–Crippen LogP) is 20.6. The fourth-order valence-corrected chi connectivity index (χ4v) is 7.20. The Morgan fingerprint density at radius 1 is 0.260 bits per heavy atom. The molecule has 0 aliphatic rings. The second-order valence-corrected chi connectivity index (χ2v) is 18.8. The van der Waals surface area contributed by atoms with E-state index in [1.165, 1.54) is 0 Å². The minimum atomic E-state index is -0.840. The van der Waals surface area contributed by atoms with Gasteiger partial charge < -0.3 is 14.2 Å². The number of carbonyl (C=O) groups is 3. The molecular formula is C71H106O6. The van der Waals surface area contributed by atoms with Crippen LogP contribution in [0, 0.1) is 0 Å². The van der Waals surface area contributed by atoms with Crippen molar-refractivity contribution in [3.8, 4) is 0 Å². The maximum absolute atomic E-state index is 12.8. The molecular weight excluding hydrogens is 949 g/mol. The molecule has 1 unspecified atom stereocenters. The molecule has 6 heteroatoms. The van der Waals surface area contributed by atoms with Crippen LogP contribution < -0.4 is 0 Å². The fraction of sp³-hybridized carbons (Fsp3) is 0.507. The first-order valence-corrected chi connectivity index (χ1v) is 29.9. The summed E-state index contributed by atoms with van der Waals surface area (Å²) in [7, 11) is 0. The second-order valence-electron chi connectivity index (χ2n) is 18.8. The molecule has 0 aromatic heterocycles. The lowest BCUT2D eigenvalue weighted by Crippen LogP contribution is -2.30. The maximum Gasteiger partial charge on any atom is 0.306 e. The minimum Gasteiger partial charge on any atom is -0.462 e. The van der Waals surface area contributed by atoms with E-state index in [0.29, 0.717) is 19.3 Å². The van der Waals surface area contributed by atoms with Crippen molar-refractivity contribution in [1.82, 2.24) is 0 Å². The number of hydrogen-bond donors (Lipinski definition) is 0. The van der Waals surface area contributed by atoms with Gasteiger partial charge in [0.25, 0.3) is 0 Å². The number of carbonyl (C=O) groups excluding carboxylic acids is 3. The van der Waals surface area contributed by atoms with E-state index in [9.17, 15) is 14.4 Å². The Bertz CT molecular complexity index is 1880. The van der Waals surface area contributed by atoms with Gasteiger partial charge in [0.05, 0.1) is 0 Å². The molecule has 0 aliphatic carbocycles. The van der Waals surface area contributed by atoms with E-state index < -0.39 is 6.10 Å². The van der Waals surface area contributed by atoms with E-state index in [1.807, 2.05) is 0 Å². The number of rotatable bonds is 51. The van der Waals surface area contributed by atoms with E-state index in [0.717, 1.165) is 161 Å². The first-order valence-electron chi connectivity index (χ1n) is 29.9. The van der Waals surface area contributed by atoms with Gasteiger partial charge in [-0.1, -0.05) is 228 Å². The standard InChI is InChI=1S/C71H106O6/c1-4-7-10-13-16-19-22-25-28-29-30-31-32-33-34-35-36-37-38-39-40-41-44-46-49-52-55-58-61-64-70(73)76-67-68(77-71(74)65-62-59-56-53-50-47-43-27-24-21-18-15-12-9-6-3)66-75-69(72)63-60-57-54-51-48-45-42-26-23-20-17-14-11-8-5-2/h7-12,16-21,25-28,30-31,33-34,36-37,39-40,42-44,46,48,50-51,53,68H,4-6,13-15,22-24,29,32,35,38,41,45,47,49,52,54-67H2,1-3H3/b10-7-,11-8-,12-9-,19-16-,20-17-,21-18-,28-25-,31-30-,34-33-,37-36-,40-39-,42-26-,43-27-,46-44-,51-48-,53-50-. The van der Waals surface area contributed by atoms with Crippen LogP contribution in [0.25, 0.3) is 0 Å². The van der Waals surface area contributed by atoms with Gasteiger partial charge in [-0.05, 0) is 161 Å². The molecule has 426 valence electrons. The van der Waals surface area contributed by atoms with E-state index in [1.54, 1.807) is 0 Å². The van der Waals surface area contributed by atoms with Gasteiger partial charge in [0.1, 0.15) is 13.2 Å². The Morgan fingerprint density at radius 3 is 0.740 bits per heavy atom. The number of ether oxygens (including phenoxy) is 3. The largest absolute Gasteiger partial charge is 0.462 e. The molecule has 0 fully saturated rings. The summed E-state index contributed by atoms with van der Waals surface area (Å²) in [5.74, 6) is -1.05. The molecule has 0 radical (unpaired) electrons. The average Bonchev–Trinajstić information content (AvgIpc) is 3.43. The van der Waals surface area contributed by atoms with Crippen LogP contribution in [-0.2, 0) is 28.6 Å². The summed E-state index contributed by atoms with van der Waals surface area (Å²) < 4.78 is 16.8. The van der Waals surface area contributed by atoms with Crippen molar-refractivity contribution in [2.45, 2.75) is 219 Å². The third-order valence-corrected chi connectivity index (χ3v) is 11.6. The molecule has 0 saturated carbocycles. The lowest BCUT2D eigenvalue weighted by Gasteiger charge is -2.18. The smallest absolute Gasteiger partial charge is 0.306 e. The normalized spacial score (nSPS) is 13.5. The average molecular weight is 1060 g/mol. The summed E-state index contributed by atoms with van der Waals surface area (Å²) in [5, 5.41) is 0. The summed E-state index contributed by atoms with van der Waals surface area (Å²) in [5.41, 5.74) is 0. The summed E-state index contributed by atoms with van der Waals surface area (Å²) in [6, 6.07) is 0. The SMILES string of the molecule is CC/C=C\C/C=C\C/C=C\C/C=C\C/C=C\C/C=C\C/C=C\C/C=C\CCCCCCC(=O)OCC(COC(=O)CCCC/C=C\C/C=C\C/C=C\C/C=C\CC)OC(=O)CCCC/C=C\C/C=C\C/C=C\C/C=C\CC. The Kier molecular flexibility index (Phi) is 58.1. The molecule has 0 aromatic rings. The zero-order chi connectivity index (χ0) is 55.7. The summed E-state index contributed by atoms with van der Waals surface area (Å²) in [6.07, 6.45) is 95.8. The fourth-order valence-electron chi connectivity index (χ4n) is 7.20. The van der Waals surface area contributed by atoms with Gasteiger partial charge in [-0.25, -0.2) is 0 Å². The zero-order valence-electron chi connectivity index (χ0n) is 48.6. The minimum absolute atomic E-state index is 0.133. The molecule has 0 amide bonds. The molecule has 0 aliphatic heterocycles. The Balaban J connectivity index is 4.51. The summed E-state index contributed by atoms with van der Waals surface area (Å²) >= 11 is 0. The van der Waals surface area contributed by atoms with Gasteiger partial charge >= 0.3 is 17.9 Å². The van der Waals surface area contributed by atoms with E-state index in [2.05, 4.69) is 215 Å².